The van der Waals surface area contributed by atoms with Crippen LogP contribution in [0.15, 0.2) is 24.3 Å². The number of hydrogen-bond donors (Lipinski definition) is 1. The van der Waals surface area contributed by atoms with Gasteiger partial charge in [-0.2, -0.15) is 11.8 Å². The molecule has 0 radical (unpaired) electrons. The number of piperidine rings is 1. The molecule has 1 aromatic rings. The standard InChI is InChI=1S/C16H22FNO3S/c1-22-12-4-9-18-10-7-16(8-11-18,15(19)20)21-14-6-3-2-5-13(14)17/h2-3,5-6H,4,7-12H2,1H3,(H,19,20). The fraction of sp³-hybridized carbons (Fsp3) is 0.562. The Hall–Kier alpha value is -1.27. The maximum Gasteiger partial charge on any atom is 0.348 e. The van der Waals surface area contributed by atoms with Crippen LogP contribution in [0.25, 0.3) is 0 Å². The molecule has 1 aliphatic heterocycles. The number of thioether (sulfide) groups is 1. The molecule has 2 rings (SSSR count). The Labute approximate surface area is 134 Å². The van der Waals surface area contributed by atoms with Crippen LogP contribution in [0.3, 0.4) is 0 Å². The predicted molar refractivity (Wildman–Crippen MR) is 86.1 cm³/mol. The molecule has 1 aliphatic rings. The first-order valence-corrected chi connectivity index (χ1v) is 8.85. The Morgan fingerprint density at radius 1 is 1.41 bits per heavy atom. The molecule has 0 amide bonds. The Morgan fingerprint density at radius 2 is 2.09 bits per heavy atom. The number of rotatable bonds is 7. The highest BCUT2D eigenvalue weighted by Crippen LogP contribution is 2.30. The Bertz CT molecular complexity index is 504. The van der Waals surface area contributed by atoms with Crippen molar-refractivity contribution < 1.29 is 19.0 Å². The Morgan fingerprint density at radius 3 is 2.68 bits per heavy atom. The fourth-order valence-corrected chi connectivity index (χ4v) is 3.09. The van der Waals surface area contributed by atoms with Gasteiger partial charge in [-0.05, 0) is 37.1 Å². The van der Waals surface area contributed by atoms with Gasteiger partial charge in [-0.25, -0.2) is 9.18 Å². The molecule has 22 heavy (non-hydrogen) atoms. The van der Waals surface area contributed by atoms with Crippen LogP contribution in [-0.2, 0) is 4.79 Å². The van der Waals surface area contributed by atoms with E-state index < -0.39 is 17.4 Å². The minimum atomic E-state index is -1.32. The smallest absolute Gasteiger partial charge is 0.348 e. The van der Waals surface area contributed by atoms with Crippen molar-refractivity contribution in [1.82, 2.24) is 4.90 Å². The third kappa shape index (κ3) is 4.14. The zero-order valence-corrected chi connectivity index (χ0v) is 13.6. The van der Waals surface area contributed by atoms with Crippen molar-refractivity contribution in [2.75, 3.05) is 31.6 Å². The number of halogens is 1. The number of likely N-dealkylation sites (tertiary alicyclic amines) is 1. The van der Waals surface area contributed by atoms with E-state index in [0.29, 0.717) is 25.9 Å². The van der Waals surface area contributed by atoms with Gasteiger partial charge in [0.2, 0.25) is 5.60 Å². The molecule has 6 heteroatoms. The van der Waals surface area contributed by atoms with Gasteiger partial charge in [0.05, 0.1) is 0 Å². The lowest BCUT2D eigenvalue weighted by Crippen LogP contribution is -2.53. The molecule has 0 unspecified atom stereocenters. The number of ether oxygens (including phenoxy) is 1. The van der Waals surface area contributed by atoms with Gasteiger partial charge >= 0.3 is 5.97 Å². The van der Waals surface area contributed by atoms with E-state index in [1.54, 1.807) is 12.1 Å². The second-order valence-corrected chi connectivity index (χ2v) is 6.51. The van der Waals surface area contributed by atoms with Crippen molar-refractivity contribution in [1.29, 1.82) is 0 Å². The van der Waals surface area contributed by atoms with Crippen LogP contribution in [0, 0.1) is 5.82 Å². The zero-order valence-electron chi connectivity index (χ0n) is 12.8. The van der Waals surface area contributed by atoms with Crippen LogP contribution in [0.4, 0.5) is 4.39 Å². The van der Waals surface area contributed by atoms with Gasteiger partial charge in [0, 0.05) is 25.9 Å². The van der Waals surface area contributed by atoms with Crippen molar-refractivity contribution in [3.63, 3.8) is 0 Å². The largest absolute Gasteiger partial charge is 0.478 e. The van der Waals surface area contributed by atoms with Gasteiger partial charge in [0.25, 0.3) is 0 Å². The van der Waals surface area contributed by atoms with Gasteiger partial charge in [-0.3, -0.25) is 0 Å². The first kappa shape index (κ1) is 17.1. The van der Waals surface area contributed by atoms with E-state index in [4.69, 9.17) is 4.74 Å². The summed E-state index contributed by atoms with van der Waals surface area (Å²) >= 11 is 1.81. The summed E-state index contributed by atoms with van der Waals surface area (Å²) in [6.45, 7) is 2.29. The summed E-state index contributed by atoms with van der Waals surface area (Å²) in [5, 5.41) is 9.57. The summed E-state index contributed by atoms with van der Waals surface area (Å²) in [6, 6.07) is 5.96. The van der Waals surface area contributed by atoms with E-state index in [9.17, 15) is 14.3 Å². The number of aliphatic carboxylic acids is 1. The SMILES string of the molecule is CSCCCN1CCC(Oc2ccccc2F)(C(=O)O)CC1. The van der Waals surface area contributed by atoms with Gasteiger partial charge < -0.3 is 14.7 Å². The number of carbonyl (C=O) groups is 1. The van der Waals surface area contributed by atoms with Crippen molar-refractivity contribution >= 4 is 17.7 Å². The van der Waals surface area contributed by atoms with E-state index in [-0.39, 0.29) is 5.75 Å². The number of carboxylic acid groups (broad SMARTS) is 1. The van der Waals surface area contributed by atoms with Crippen LogP contribution in [0.1, 0.15) is 19.3 Å². The lowest BCUT2D eigenvalue weighted by atomic mass is 9.91. The third-order valence-electron chi connectivity index (χ3n) is 4.02. The van der Waals surface area contributed by atoms with Gasteiger partial charge in [0.15, 0.2) is 11.6 Å². The number of carboxylic acids is 1. The molecule has 0 spiro atoms. The highest BCUT2D eigenvalue weighted by atomic mass is 32.2. The summed E-state index contributed by atoms with van der Waals surface area (Å²) in [6.07, 6.45) is 3.91. The molecule has 0 aliphatic carbocycles. The topological polar surface area (TPSA) is 49.8 Å². The number of benzene rings is 1. The molecule has 0 aromatic heterocycles. The van der Waals surface area contributed by atoms with Crippen molar-refractivity contribution in [3.8, 4) is 5.75 Å². The first-order valence-electron chi connectivity index (χ1n) is 7.46. The van der Waals surface area contributed by atoms with Crippen LogP contribution in [0.5, 0.6) is 5.75 Å². The molecule has 1 saturated heterocycles. The molecule has 0 saturated carbocycles. The molecule has 4 nitrogen and oxygen atoms in total. The van der Waals surface area contributed by atoms with Crippen LogP contribution in [-0.4, -0.2) is 53.2 Å². The maximum atomic E-state index is 13.7. The Balaban J connectivity index is 2.00. The van der Waals surface area contributed by atoms with Crippen molar-refractivity contribution in [2.24, 2.45) is 0 Å². The van der Waals surface area contributed by atoms with Crippen LogP contribution >= 0.6 is 11.8 Å². The van der Waals surface area contributed by atoms with Crippen LogP contribution < -0.4 is 4.74 Å². The summed E-state index contributed by atoms with van der Waals surface area (Å²) in [5.41, 5.74) is -1.32. The quantitative estimate of drug-likeness (QED) is 0.781. The summed E-state index contributed by atoms with van der Waals surface area (Å²) < 4.78 is 19.3. The minimum absolute atomic E-state index is 0.0146. The summed E-state index contributed by atoms with van der Waals surface area (Å²) in [4.78, 5) is 13.9. The van der Waals surface area contributed by atoms with Gasteiger partial charge in [0.1, 0.15) is 0 Å². The number of para-hydroxylation sites is 1. The van der Waals surface area contributed by atoms with E-state index in [2.05, 4.69) is 11.2 Å². The van der Waals surface area contributed by atoms with E-state index >= 15 is 0 Å². The lowest BCUT2D eigenvalue weighted by molar-refractivity contribution is -0.160. The molecular formula is C16H22FNO3S. The van der Waals surface area contributed by atoms with Crippen molar-refractivity contribution in [3.05, 3.63) is 30.1 Å². The highest BCUT2D eigenvalue weighted by Gasteiger charge is 2.44. The second kappa shape index (κ2) is 7.83. The van der Waals surface area contributed by atoms with E-state index in [0.717, 1.165) is 18.7 Å². The van der Waals surface area contributed by atoms with Crippen LogP contribution in [0.2, 0.25) is 0 Å². The molecule has 122 valence electrons. The minimum Gasteiger partial charge on any atom is -0.478 e. The fourth-order valence-electron chi connectivity index (χ4n) is 2.67. The first-order chi connectivity index (χ1) is 10.6. The number of hydrogen-bond acceptors (Lipinski definition) is 4. The predicted octanol–water partition coefficient (Wildman–Crippen LogP) is 2.88. The normalized spacial score (nSPS) is 18.1. The molecule has 1 heterocycles. The molecule has 1 fully saturated rings. The lowest BCUT2D eigenvalue weighted by Gasteiger charge is -2.38. The zero-order chi connectivity index (χ0) is 16.0. The maximum absolute atomic E-state index is 13.7. The monoisotopic (exact) mass is 327 g/mol. The second-order valence-electron chi connectivity index (χ2n) is 5.52. The average Bonchev–Trinajstić information content (AvgIpc) is 2.51. The van der Waals surface area contributed by atoms with E-state index in [1.807, 2.05) is 11.8 Å². The molecule has 0 bridgehead atoms. The molecular weight excluding hydrogens is 305 g/mol. The molecule has 0 atom stereocenters. The van der Waals surface area contributed by atoms with Gasteiger partial charge in [-0.15, -0.1) is 0 Å². The summed E-state index contributed by atoms with van der Waals surface area (Å²) in [5.74, 6) is -0.419. The van der Waals surface area contributed by atoms with Crippen molar-refractivity contribution in [2.45, 2.75) is 24.9 Å². The third-order valence-corrected chi connectivity index (χ3v) is 4.72. The highest BCUT2D eigenvalue weighted by molar-refractivity contribution is 7.98. The molecule has 1 N–H and O–H groups in total. The van der Waals surface area contributed by atoms with Gasteiger partial charge in [-0.1, -0.05) is 12.1 Å². The summed E-state index contributed by atoms with van der Waals surface area (Å²) in [7, 11) is 0. The average molecular weight is 327 g/mol. The molecule has 1 aromatic carbocycles. The Kier molecular flexibility index (Phi) is 6.08. The van der Waals surface area contributed by atoms with E-state index in [1.165, 1.54) is 12.1 Å². The number of nitrogens with zero attached hydrogens (tertiary/aromatic N) is 1.